The van der Waals surface area contributed by atoms with Crippen molar-refractivity contribution < 1.29 is 23.9 Å². The molecule has 3 amide bonds. The zero-order valence-electron chi connectivity index (χ0n) is 16.7. The van der Waals surface area contributed by atoms with Crippen molar-refractivity contribution in [2.45, 2.75) is 12.8 Å². The number of rotatable bonds is 4. The molecule has 0 spiro atoms. The van der Waals surface area contributed by atoms with Gasteiger partial charge in [-0.3, -0.25) is 19.3 Å². The number of anilines is 1. The molecular weight excluding hydrogens is 406 g/mol. The molecule has 8 nitrogen and oxygen atoms in total. The monoisotopic (exact) mass is 425 g/mol. The second-order valence-corrected chi connectivity index (χ2v) is 7.66. The van der Waals surface area contributed by atoms with Gasteiger partial charge in [-0.2, -0.15) is 4.99 Å². The quantitative estimate of drug-likeness (QED) is 0.600. The van der Waals surface area contributed by atoms with E-state index in [1.807, 2.05) is 6.07 Å². The van der Waals surface area contributed by atoms with Crippen molar-refractivity contribution in [2.75, 3.05) is 19.1 Å². The third-order valence-electron chi connectivity index (χ3n) is 4.94. The topological polar surface area (TPSA) is 90.2 Å². The Balaban J connectivity index is 1.71. The first-order chi connectivity index (χ1) is 14.4. The maximum atomic E-state index is 12.7. The van der Waals surface area contributed by atoms with E-state index in [-0.39, 0.29) is 24.7 Å². The van der Waals surface area contributed by atoms with Crippen molar-refractivity contribution in [1.29, 1.82) is 0 Å². The van der Waals surface area contributed by atoms with Gasteiger partial charge in [-0.25, -0.2) is 0 Å². The Bertz CT molecular complexity index is 1220. The van der Waals surface area contributed by atoms with Crippen molar-refractivity contribution >= 4 is 45.0 Å². The van der Waals surface area contributed by atoms with Gasteiger partial charge < -0.3 is 14.0 Å². The van der Waals surface area contributed by atoms with E-state index in [1.54, 1.807) is 56.2 Å². The summed E-state index contributed by atoms with van der Waals surface area (Å²) >= 11 is 1.32. The Kier molecular flexibility index (Phi) is 5.13. The SMILES string of the molecule is COc1ccc(OC)c2c1sc(=NC(=O)c1ccc(N3C(=O)CCC3=O)cc1)n2C. The lowest BCUT2D eigenvalue weighted by atomic mass is 10.2. The predicted molar refractivity (Wildman–Crippen MR) is 112 cm³/mol. The van der Waals surface area contributed by atoms with Gasteiger partial charge in [-0.05, 0) is 36.4 Å². The molecule has 1 aromatic heterocycles. The zero-order valence-corrected chi connectivity index (χ0v) is 17.5. The van der Waals surface area contributed by atoms with Gasteiger partial charge in [0.1, 0.15) is 21.7 Å². The zero-order chi connectivity index (χ0) is 21.4. The number of thiazole rings is 1. The number of amides is 3. The number of carbonyl (C=O) groups excluding carboxylic acids is 3. The Morgan fingerprint density at radius 3 is 2.17 bits per heavy atom. The number of methoxy groups -OCH3 is 2. The maximum Gasteiger partial charge on any atom is 0.279 e. The van der Waals surface area contributed by atoms with Crippen molar-refractivity contribution in [3.8, 4) is 11.5 Å². The van der Waals surface area contributed by atoms with Crippen LogP contribution in [0.25, 0.3) is 10.2 Å². The van der Waals surface area contributed by atoms with Gasteiger partial charge in [-0.1, -0.05) is 11.3 Å². The smallest absolute Gasteiger partial charge is 0.279 e. The highest BCUT2D eigenvalue weighted by Gasteiger charge is 2.30. The van der Waals surface area contributed by atoms with Crippen molar-refractivity contribution in [1.82, 2.24) is 4.57 Å². The molecule has 3 aromatic rings. The second kappa shape index (κ2) is 7.75. The highest BCUT2D eigenvalue weighted by molar-refractivity contribution is 7.16. The summed E-state index contributed by atoms with van der Waals surface area (Å²) in [7, 11) is 4.97. The molecule has 0 radical (unpaired) electrons. The summed E-state index contributed by atoms with van der Waals surface area (Å²) in [5.74, 6) is 0.431. The molecule has 1 aliphatic heterocycles. The van der Waals surface area contributed by atoms with Crippen LogP contribution in [-0.2, 0) is 16.6 Å². The normalized spacial score (nSPS) is 14.6. The number of hydrogen-bond donors (Lipinski definition) is 0. The lowest BCUT2D eigenvalue weighted by molar-refractivity contribution is -0.121. The number of ether oxygens (including phenoxy) is 2. The van der Waals surface area contributed by atoms with E-state index in [0.717, 1.165) is 15.1 Å². The van der Waals surface area contributed by atoms with Gasteiger partial charge in [0, 0.05) is 25.5 Å². The van der Waals surface area contributed by atoms with E-state index in [9.17, 15) is 14.4 Å². The minimum Gasteiger partial charge on any atom is -0.495 e. The van der Waals surface area contributed by atoms with Crippen molar-refractivity contribution in [3.05, 3.63) is 46.8 Å². The summed E-state index contributed by atoms with van der Waals surface area (Å²) in [6, 6.07) is 9.91. The molecule has 1 saturated heterocycles. The number of nitrogens with zero attached hydrogens (tertiary/aromatic N) is 3. The summed E-state index contributed by atoms with van der Waals surface area (Å²) in [5.41, 5.74) is 1.60. The number of carbonyl (C=O) groups is 3. The molecule has 2 aromatic carbocycles. The molecule has 0 N–H and O–H groups in total. The molecule has 0 atom stereocenters. The first kappa shape index (κ1) is 19.8. The summed E-state index contributed by atoms with van der Waals surface area (Å²) < 4.78 is 13.5. The van der Waals surface area contributed by atoms with E-state index >= 15 is 0 Å². The van der Waals surface area contributed by atoms with Crippen LogP contribution < -0.4 is 19.2 Å². The fourth-order valence-electron chi connectivity index (χ4n) is 3.40. The summed E-state index contributed by atoms with van der Waals surface area (Å²) in [5, 5.41) is 0. The standard InChI is InChI=1S/C21H19N3O5S/c1-23-18-14(28-2)8-9-15(29-3)19(18)30-21(23)22-20(27)12-4-6-13(7-5-12)24-16(25)10-11-17(24)26/h4-9H,10-11H2,1-3H3. The largest absolute Gasteiger partial charge is 0.495 e. The van der Waals surface area contributed by atoms with E-state index in [1.165, 1.54) is 11.3 Å². The van der Waals surface area contributed by atoms with Crippen LogP contribution in [-0.4, -0.2) is 36.5 Å². The predicted octanol–water partition coefficient (Wildman–Crippen LogP) is 2.65. The van der Waals surface area contributed by atoms with Gasteiger partial charge in [0.05, 0.1) is 19.9 Å². The van der Waals surface area contributed by atoms with Crippen molar-refractivity contribution in [2.24, 2.45) is 12.0 Å². The van der Waals surface area contributed by atoms with Gasteiger partial charge in [0.2, 0.25) is 11.8 Å². The van der Waals surface area contributed by atoms with Gasteiger partial charge >= 0.3 is 0 Å². The summed E-state index contributed by atoms with van der Waals surface area (Å²) in [6.45, 7) is 0. The van der Waals surface area contributed by atoms with Gasteiger partial charge in [-0.15, -0.1) is 0 Å². The maximum absolute atomic E-state index is 12.7. The summed E-state index contributed by atoms with van der Waals surface area (Å²) in [6.07, 6.45) is 0.425. The molecule has 1 fully saturated rings. The van der Waals surface area contributed by atoms with Crippen LogP contribution in [0.3, 0.4) is 0 Å². The van der Waals surface area contributed by atoms with E-state index in [2.05, 4.69) is 4.99 Å². The van der Waals surface area contributed by atoms with Crippen LogP contribution >= 0.6 is 11.3 Å². The molecule has 0 bridgehead atoms. The average Bonchev–Trinajstić information content (AvgIpc) is 3.26. The minimum atomic E-state index is -0.430. The average molecular weight is 425 g/mol. The lowest BCUT2D eigenvalue weighted by Crippen LogP contribution is -2.28. The lowest BCUT2D eigenvalue weighted by Gasteiger charge is -2.13. The van der Waals surface area contributed by atoms with Crippen LogP contribution in [0.5, 0.6) is 11.5 Å². The molecule has 2 heterocycles. The third kappa shape index (κ3) is 3.26. The minimum absolute atomic E-state index is 0.213. The highest BCUT2D eigenvalue weighted by atomic mass is 32.1. The number of benzene rings is 2. The van der Waals surface area contributed by atoms with E-state index in [4.69, 9.17) is 9.47 Å². The number of fused-ring (bicyclic) bond motifs is 1. The van der Waals surface area contributed by atoms with E-state index < -0.39 is 5.91 Å². The van der Waals surface area contributed by atoms with Crippen LogP contribution in [0.15, 0.2) is 41.4 Å². The molecule has 9 heteroatoms. The van der Waals surface area contributed by atoms with Gasteiger partial charge in [0.15, 0.2) is 4.80 Å². The summed E-state index contributed by atoms with van der Waals surface area (Å²) in [4.78, 5) is 42.4. The van der Waals surface area contributed by atoms with Crippen LogP contribution in [0, 0.1) is 0 Å². The molecule has 154 valence electrons. The first-order valence-electron chi connectivity index (χ1n) is 9.20. The first-order valence-corrected chi connectivity index (χ1v) is 10.0. The number of hydrogen-bond acceptors (Lipinski definition) is 6. The number of imide groups is 1. The molecule has 1 aliphatic rings. The van der Waals surface area contributed by atoms with Crippen LogP contribution in [0.1, 0.15) is 23.2 Å². The van der Waals surface area contributed by atoms with E-state index in [0.29, 0.717) is 27.6 Å². The highest BCUT2D eigenvalue weighted by Crippen LogP contribution is 2.34. The molecule has 0 saturated carbocycles. The number of aromatic nitrogens is 1. The fourth-order valence-corrected chi connectivity index (χ4v) is 4.52. The molecular formula is C21H19N3O5S. The Labute approximate surface area is 176 Å². The molecule has 30 heavy (non-hydrogen) atoms. The third-order valence-corrected chi connectivity index (χ3v) is 6.08. The Morgan fingerprint density at radius 1 is 0.967 bits per heavy atom. The molecule has 0 unspecified atom stereocenters. The number of aryl methyl sites for hydroxylation is 1. The Morgan fingerprint density at radius 2 is 1.57 bits per heavy atom. The molecule has 4 rings (SSSR count). The van der Waals surface area contributed by atoms with Crippen molar-refractivity contribution in [3.63, 3.8) is 0 Å². The Hall–Kier alpha value is -3.46. The fraction of sp³-hybridized carbons (Fsp3) is 0.238. The van der Waals surface area contributed by atoms with Crippen LogP contribution in [0.4, 0.5) is 5.69 Å². The molecule has 0 aliphatic carbocycles. The second-order valence-electron chi connectivity index (χ2n) is 6.68. The van der Waals surface area contributed by atoms with Crippen LogP contribution in [0.2, 0.25) is 0 Å². The van der Waals surface area contributed by atoms with Gasteiger partial charge in [0.25, 0.3) is 5.91 Å².